The number of hydrogen-bond acceptors (Lipinski definition) is 5. The van der Waals surface area contributed by atoms with Crippen molar-refractivity contribution < 1.29 is 23.6 Å². The van der Waals surface area contributed by atoms with Crippen molar-refractivity contribution >= 4 is 11.8 Å². The normalized spacial score (nSPS) is 20.5. The molecule has 2 atom stereocenters. The monoisotopic (exact) mass is 340 g/mol. The predicted molar refractivity (Wildman–Crippen MR) is 84.5 cm³/mol. The Morgan fingerprint density at radius 1 is 1.38 bits per heavy atom. The number of rotatable bonds is 4. The highest BCUT2D eigenvalue weighted by atomic mass is 19.1. The summed E-state index contributed by atoms with van der Waals surface area (Å²) in [5.41, 5.74) is -0.860. The van der Waals surface area contributed by atoms with Crippen molar-refractivity contribution in [1.82, 2.24) is 5.32 Å². The van der Waals surface area contributed by atoms with E-state index in [0.29, 0.717) is 19.3 Å². The van der Waals surface area contributed by atoms with Crippen LogP contribution in [0.3, 0.4) is 0 Å². The van der Waals surface area contributed by atoms with Gasteiger partial charge in [0.25, 0.3) is 0 Å². The van der Waals surface area contributed by atoms with E-state index in [2.05, 4.69) is 5.32 Å². The molecule has 24 heavy (non-hydrogen) atoms. The minimum Gasteiger partial charge on any atom is -0.483 e. The third-order valence-electron chi connectivity index (χ3n) is 3.52. The molecular formula is C16H21FN2O5. The predicted octanol–water partition coefficient (Wildman–Crippen LogP) is 3.56. The van der Waals surface area contributed by atoms with Gasteiger partial charge in [-0.15, -0.1) is 0 Å². The first-order chi connectivity index (χ1) is 11.1. The van der Waals surface area contributed by atoms with Crippen LogP contribution in [0.4, 0.5) is 14.9 Å². The van der Waals surface area contributed by atoms with Gasteiger partial charge < -0.3 is 14.8 Å². The van der Waals surface area contributed by atoms with E-state index in [-0.39, 0.29) is 23.6 Å². The molecule has 0 unspecified atom stereocenters. The Hall–Kier alpha value is -2.38. The van der Waals surface area contributed by atoms with Crippen molar-refractivity contribution in [3.8, 4) is 5.75 Å². The summed E-state index contributed by atoms with van der Waals surface area (Å²) in [5, 5.41) is 13.7. The van der Waals surface area contributed by atoms with Crippen molar-refractivity contribution in [3.63, 3.8) is 0 Å². The lowest BCUT2D eigenvalue weighted by Gasteiger charge is -2.21. The molecule has 132 valence electrons. The first kappa shape index (κ1) is 18.0. The second kappa shape index (κ2) is 7.02. The highest BCUT2D eigenvalue weighted by Gasteiger charge is 2.30. The quantitative estimate of drug-likeness (QED) is 0.668. The number of nitrogens with one attached hydrogen (secondary N) is 1. The van der Waals surface area contributed by atoms with Crippen molar-refractivity contribution in [2.24, 2.45) is 0 Å². The van der Waals surface area contributed by atoms with E-state index in [1.807, 2.05) is 0 Å². The molecule has 1 saturated carbocycles. The molecule has 0 spiro atoms. The van der Waals surface area contributed by atoms with E-state index < -0.39 is 22.4 Å². The van der Waals surface area contributed by atoms with Gasteiger partial charge in [0.15, 0.2) is 5.75 Å². The fourth-order valence-corrected chi connectivity index (χ4v) is 2.57. The van der Waals surface area contributed by atoms with Crippen LogP contribution in [-0.4, -0.2) is 28.8 Å². The number of alkyl carbamates (subject to hydrolysis) is 1. The smallest absolute Gasteiger partial charge is 0.407 e. The molecule has 0 heterocycles. The molecule has 1 aliphatic rings. The van der Waals surface area contributed by atoms with Gasteiger partial charge in [-0.1, -0.05) is 0 Å². The van der Waals surface area contributed by atoms with Crippen LogP contribution in [0.5, 0.6) is 5.75 Å². The molecule has 1 amide bonds. The molecule has 0 saturated heterocycles. The Balaban J connectivity index is 1.94. The Labute approximate surface area is 139 Å². The van der Waals surface area contributed by atoms with Crippen molar-refractivity contribution in [2.45, 2.75) is 57.8 Å². The summed E-state index contributed by atoms with van der Waals surface area (Å²) in [4.78, 5) is 22.1. The van der Waals surface area contributed by atoms with Gasteiger partial charge in [0.1, 0.15) is 17.5 Å². The zero-order valence-electron chi connectivity index (χ0n) is 13.9. The van der Waals surface area contributed by atoms with Crippen LogP contribution in [0.1, 0.15) is 40.0 Å². The maximum Gasteiger partial charge on any atom is 0.407 e. The third kappa shape index (κ3) is 5.07. The van der Waals surface area contributed by atoms with Crippen LogP contribution in [0.15, 0.2) is 18.2 Å². The highest BCUT2D eigenvalue weighted by molar-refractivity contribution is 5.68. The van der Waals surface area contributed by atoms with Crippen LogP contribution >= 0.6 is 0 Å². The van der Waals surface area contributed by atoms with Crippen LogP contribution in [0.2, 0.25) is 0 Å². The average Bonchev–Trinajstić information content (AvgIpc) is 2.83. The van der Waals surface area contributed by atoms with Crippen molar-refractivity contribution in [2.75, 3.05) is 0 Å². The van der Waals surface area contributed by atoms with Gasteiger partial charge in [-0.05, 0) is 39.7 Å². The van der Waals surface area contributed by atoms with Gasteiger partial charge in [0, 0.05) is 24.6 Å². The maximum absolute atomic E-state index is 13.3. The summed E-state index contributed by atoms with van der Waals surface area (Å²) >= 11 is 0. The SMILES string of the molecule is CC(C)(C)OC(=O)N[C@H]1CC[C@H](Oc2cc(F)ccc2[N+](=O)[O-])C1. The standard InChI is InChI=1S/C16H21FN2O5/c1-16(2,3)24-15(20)18-11-5-6-12(9-11)23-14-8-10(17)4-7-13(14)19(21)22/h4,7-8,11-12H,5-6,9H2,1-3H3,(H,18,20)/t11-,12-/m0/s1. The van der Waals surface area contributed by atoms with Crippen molar-refractivity contribution in [3.05, 3.63) is 34.1 Å². The summed E-state index contributed by atoms with van der Waals surface area (Å²) in [5.74, 6) is -0.694. The molecule has 2 rings (SSSR count). The molecule has 0 bridgehead atoms. The number of nitrogens with zero attached hydrogens (tertiary/aromatic N) is 1. The van der Waals surface area contributed by atoms with E-state index in [0.717, 1.165) is 18.2 Å². The molecule has 1 aromatic rings. The van der Waals surface area contributed by atoms with Gasteiger partial charge in [0.05, 0.1) is 4.92 Å². The Morgan fingerprint density at radius 2 is 2.08 bits per heavy atom. The number of carbonyl (C=O) groups is 1. The van der Waals surface area contributed by atoms with E-state index >= 15 is 0 Å². The van der Waals surface area contributed by atoms with E-state index in [1.165, 1.54) is 0 Å². The van der Waals surface area contributed by atoms with E-state index in [4.69, 9.17) is 9.47 Å². The van der Waals surface area contributed by atoms with Crippen LogP contribution < -0.4 is 10.1 Å². The first-order valence-electron chi connectivity index (χ1n) is 7.74. The minimum atomic E-state index is -0.611. The molecular weight excluding hydrogens is 319 g/mol. The Kier molecular flexibility index (Phi) is 5.26. The molecule has 8 heteroatoms. The van der Waals surface area contributed by atoms with Gasteiger partial charge in [-0.25, -0.2) is 9.18 Å². The molecule has 0 aromatic heterocycles. The highest BCUT2D eigenvalue weighted by Crippen LogP contribution is 2.32. The van der Waals surface area contributed by atoms with E-state index in [1.54, 1.807) is 20.8 Å². The number of benzene rings is 1. The fourth-order valence-electron chi connectivity index (χ4n) is 2.57. The van der Waals surface area contributed by atoms with Crippen LogP contribution in [-0.2, 0) is 4.74 Å². The van der Waals surface area contributed by atoms with Crippen molar-refractivity contribution in [1.29, 1.82) is 0 Å². The van der Waals surface area contributed by atoms with Crippen LogP contribution in [0.25, 0.3) is 0 Å². The summed E-state index contributed by atoms with van der Waals surface area (Å²) in [7, 11) is 0. The zero-order valence-corrected chi connectivity index (χ0v) is 13.9. The first-order valence-corrected chi connectivity index (χ1v) is 7.74. The maximum atomic E-state index is 13.3. The lowest BCUT2D eigenvalue weighted by atomic mass is 10.2. The number of amides is 1. The number of nitro groups is 1. The topological polar surface area (TPSA) is 90.7 Å². The van der Waals surface area contributed by atoms with Gasteiger partial charge >= 0.3 is 11.8 Å². The Bertz CT molecular complexity index is 629. The third-order valence-corrected chi connectivity index (χ3v) is 3.52. The summed E-state index contributed by atoms with van der Waals surface area (Å²) < 4.78 is 24.1. The summed E-state index contributed by atoms with van der Waals surface area (Å²) in [6, 6.07) is 2.97. The summed E-state index contributed by atoms with van der Waals surface area (Å²) in [6.07, 6.45) is 0.906. The molecule has 1 aromatic carbocycles. The lowest BCUT2D eigenvalue weighted by Crippen LogP contribution is -2.38. The molecule has 0 radical (unpaired) electrons. The average molecular weight is 340 g/mol. The largest absolute Gasteiger partial charge is 0.483 e. The minimum absolute atomic E-state index is 0.0945. The fraction of sp³-hybridized carbons (Fsp3) is 0.562. The van der Waals surface area contributed by atoms with Gasteiger partial charge in [0.2, 0.25) is 0 Å². The van der Waals surface area contributed by atoms with Gasteiger partial charge in [-0.2, -0.15) is 0 Å². The van der Waals surface area contributed by atoms with E-state index in [9.17, 15) is 19.3 Å². The molecule has 7 nitrogen and oxygen atoms in total. The molecule has 0 aliphatic heterocycles. The number of nitro benzene ring substituents is 1. The van der Waals surface area contributed by atoms with Crippen LogP contribution in [0, 0.1) is 15.9 Å². The molecule has 1 aliphatic carbocycles. The molecule has 1 N–H and O–H groups in total. The second-order valence-corrected chi connectivity index (χ2v) is 6.77. The van der Waals surface area contributed by atoms with Gasteiger partial charge in [-0.3, -0.25) is 10.1 Å². The number of ether oxygens (including phenoxy) is 2. The summed E-state index contributed by atoms with van der Waals surface area (Å²) in [6.45, 7) is 5.32. The number of carbonyl (C=O) groups excluding carboxylic acids is 1. The number of hydrogen-bond donors (Lipinski definition) is 1. The second-order valence-electron chi connectivity index (χ2n) is 6.77. The zero-order chi connectivity index (χ0) is 17.9. The lowest BCUT2D eigenvalue weighted by molar-refractivity contribution is -0.386. The molecule has 1 fully saturated rings. The Morgan fingerprint density at radius 3 is 2.71 bits per heavy atom. The number of halogens is 1.